The molecular formula is C15H29NO2. The van der Waals surface area contributed by atoms with E-state index in [0.717, 1.165) is 13.1 Å². The molecule has 3 heteroatoms. The quantitative estimate of drug-likeness (QED) is 0.765. The molecule has 1 aliphatic rings. The number of amides is 1. The number of carbonyl (C=O) groups excluding carboxylic acids is 1. The van der Waals surface area contributed by atoms with E-state index < -0.39 is 5.60 Å². The van der Waals surface area contributed by atoms with Crippen LogP contribution in [0.2, 0.25) is 0 Å². The average Bonchev–Trinajstić information content (AvgIpc) is 2.05. The maximum absolute atomic E-state index is 11.9. The summed E-state index contributed by atoms with van der Waals surface area (Å²) in [5.74, 6) is 1.28. The summed E-state index contributed by atoms with van der Waals surface area (Å²) < 4.78 is 5.41. The number of hydrogen-bond donors (Lipinski definition) is 0. The molecule has 0 aromatic heterocycles. The van der Waals surface area contributed by atoms with Crippen molar-refractivity contribution in [2.75, 3.05) is 13.1 Å². The first kappa shape index (κ1) is 15.3. The molecule has 1 rings (SSSR count). The van der Waals surface area contributed by atoms with Gasteiger partial charge in [0.2, 0.25) is 0 Å². The van der Waals surface area contributed by atoms with Gasteiger partial charge in [0.05, 0.1) is 0 Å². The van der Waals surface area contributed by atoms with E-state index in [1.807, 2.05) is 25.7 Å². The Bertz CT molecular complexity index is 296. The van der Waals surface area contributed by atoms with Crippen LogP contribution in [-0.2, 0) is 4.74 Å². The molecule has 0 saturated carbocycles. The fourth-order valence-corrected chi connectivity index (χ4v) is 2.71. The molecule has 1 saturated heterocycles. The molecule has 1 amide bonds. The normalized spacial score (nSPS) is 19.1. The third-order valence-electron chi connectivity index (χ3n) is 3.70. The molecule has 18 heavy (non-hydrogen) atoms. The minimum absolute atomic E-state index is 0.164. The number of likely N-dealkylation sites (tertiary alicyclic amines) is 1. The lowest BCUT2D eigenvalue weighted by atomic mass is 9.66. The van der Waals surface area contributed by atoms with E-state index >= 15 is 0 Å². The molecule has 1 heterocycles. The Balaban J connectivity index is 2.56. The average molecular weight is 255 g/mol. The van der Waals surface area contributed by atoms with Gasteiger partial charge in [-0.1, -0.05) is 27.7 Å². The topological polar surface area (TPSA) is 29.5 Å². The molecule has 0 aliphatic carbocycles. The molecule has 1 aliphatic heterocycles. The molecule has 0 bridgehead atoms. The number of carbonyl (C=O) groups is 1. The van der Waals surface area contributed by atoms with Crippen LogP contribution in [0.5, 0.6) is 0 Å². The van der Waals surface area contributed by atoms with Gasteiger partial charge in [-0.25, -0.2) is 4.79 Å². The Morgan fingerprint density at radius 2 is 1.72 bits per heavy atom. The van der Waals surface area contributed by atoms with Gasteiger partial charge in [0.25, 0.3) is 0 Å². The standard InChI is InChI=1S/C15H29NO2/c1-11(2)8-15(12(3)4)9-16(10-15)13(17)18-14(5,6)7/h11-12H,8-10H2,1-7H3. The van der Waals surface area contributed by atoms with E-state index in [1.54, 1.807) is 0 Å². The van der Waals surface area contributed by atoms with Crippen molar-refractivity contribution in [3.05, 3.63) is 0 Å². The van der Waals surface area contributed by atoms with Crippen LogP contribution in [0.4, 0.5) is 4.79 Å². The van der Waals surface area contributed by atoms with Gasteiger partial charge in [-0.3, -0.25) is 0 Å². The van der Waals surface area contributed by atoms with Crippen molar-refractivity contribution in [3.63, 3.8) is 0 Å². The molecule has 0 aromatic carbocycles. The summed E-state index contributed by atoms with van der Waals surface area (Å²) in [6.07, 6.45) is 1.02. The fraction of sp³-hybridized carbons (Fsp3) is 0.933. The second kappa shape index (κ2) is 5.10. The summed E-state index contributed by atoms with van der Waals surface area (Å²) in [5, 5.41) is 0. The van der Waals surface area contributed by atoms with Gasteiger partial charge >= 0.3 is 6.09 Å². The van der Waals surface area contributed by atoms with Crippen LogP contribution >= 0.6 is 0 Å². The summed E-state index contributed by atoms with van der Waals surface area (Å²) in [5.41, 5.74) is -0.101. The highest BCUT2D eigenvalue weighted by molar-refractivity contribution is 5.69. The lowest BCUT2D eigenvalue weighted by Crippen LogP contribution is -2.61. The predicted molar refractivity (Wildman–Crippen MR) is 74.5 cm³/mol. The summed E-state index contributed by atoms with van der Waals surface area (Å²) in [4.78, 5) is 13.8. The molecule has 0 aromatic rings. The Morgan fingerprint density at radius 3 is 2.06 bits per heavy atom. The van der Waals surface area contributed by atoms with Crippen LogP contribution in [-0.4, -0.2) is 29.7 Å². The Morgan fingerprint density at radius 1 is 1.22 bits per heavy atom. The zero-order valence-corrected chi connectivity index (χ0v) is 13.0. The van der Waals surface area contributed by atoms with E-state index in [9.17, 15) is 4.79 Å². The van der Waals surface area contributed by atoms with Gasteiger partial charge in [-0.2, -0.15) is 0 Å². The molecule has 0 unspecified atom stereocenters. The van der Waals surface area contributed by atoms with E-state index in [0.29, 0.717) is 17.3 Å². The van der Waals surface area contributed by atoms with Crippen LogP contribution in [0.3, 0.4) is 0 Å². The predicted octanol–water partition coefficient (Wildman–Crippen LogP) is 3.93. The Hall–Kier alpha value is -0.730. The van der Waals surface area contributed by atoms with Gasteiger partial charge in [-0.15, -0.1) is 0 Å². The molecule has 3 nitrogen and oxygen atoms in total. The van der Waals surface area contributed by atoms with Gasteiger partial charge < -0.3 is 9.64 Å². The first-order valence-electron chi connectivity index (χ1n) is 7.04. The second-order valence-electron chi connectivity index (χ2n) is 7.45. The Labute approximate surface area is 112 Å². The molecule has 0 atom stereocenters. The summed E-state index contributed by atoms with van der Waals surface area (Å²) in [7, 11) is 0. The smallest absolute Gasteiger partial charge is 0.410 e. The lowest BCUT2D eigenvalue weighted by Gasteiger charge is -2.53. The summed E-state index contributed by atoms with van der Waals surface area (Å²) in [6.45, 7) is 16.4. The van der Waals surface area contributed by atoms with E-state index in [1.165, 1.54) is 6.42 Å². The first-order valence-corrected chi connectivity index (χ1v) is 7.04. The monoisotopic (exact) mass is 255 g/mol. The Kier molecular flexibility index (Phi) is 4.34. The van der Waals surface area contributed by atoms with Crippen molar-refractivity contribution in [1.29, 1.82) is 0 Å². The van der Waals surface area contributed by atoms with E-state index in [2.05, 4.69) is 27.7 Å². The summed E-state index contributed by atoms with van der Waals surface area (Å²) in [6, 6.07) is 0. The van der Waals surface area contributed by atoms with Crippen LogP contribution in [0, 0.1) is 17.3 Å². The molecule has 0 spiro atoms. The van der Waals surface area contributed by atoms with E-state index in [4.69, 9.17) is 4.74 Å². The number of hydrogen-bond acceptors (Lipinski definition) is 2. The summed E-state index contributed by atoms with van der Waals surface area (Å²) >= 11 is 0. The molecular weight excluding hydrogens is 226 g/mol. The largest absolute Gasteiger partial charge is 0.444 e. The molecule has 0 radical (unpaired) electrons. The van der Waals surface area contributed by atoms with E-state index in [-0.39, 0.29) is 6.09 Å². The first-order chi connectivity index (χ1) is 8.06. The molecule has 0 N–H and O–H groups in total. The second-order valence-corrected chi connectivity index (χ2v) is 7.45. The van der Waals surface area contributed by atoms with Crippen LogP contribution < -0.4 is 0 Å². The molecule has 1 fully saturated rings. The third-order valence-corrected chi connectivity index (χ3v) is 3.70. The third kappa shape index (κ3) is 3.63. The van der Waals surface area contributed by atoms with Crippen LogP contribution in [0.25, 0.3) is 0 Å². The van der Waals surface area contributed by atoms with Gasteiger partial charge in [0, 0.05) is 18.5 Å². The lowest BCUT2D eigenvalue weighted by molar-refractivity contribution is -0.0631. The van der Waals surface area contributed by atoms with Crippen molar-refractivity contribution in [2.45, 2.75) is 60.5 Å². The van der Waals surface area contributed by atoms with Gasteiger partial charge in [-0.05, 0) is 39.0 Å². The van der Waals surface area contributed by atoms with Crippen LogP contribution in [0.15, 0.2) is 0 Å². The maximum Gasteiger partial charge on any atom is 0.410 e. The van der Waals surface area contributed by atoms with Gasteiger partial charge in [0.15, 0.2) is 0 Å². The maximum atomic E-state index is 11.9. The SMILES string of the molecule is CC(C)CC1(C(C)C)CN(C(=O)OC(C)(C)C)C1. The minimum atomic E-state index is -0.398. The number of nitrogens with zero attached hydrogens (tertiary/aromatic N) is 1. The van der Waals surface area contributed by atoms with Crippen molar-refractivity contribution < 1.29 is 9.53 Å². The van der Waals surface area contributed by atoms with Crippen molar-refractivity contribution >= 4 is 6.09 Å². The molecule has 106 valence electrons. The highest BCUT2D eigenvalue weighted by Gasteiger charge is 2.48. The highest BCUT2D eigenvalue weighted by atomic mass is 16.6. The zero-order valence-electron chi connectivity index (χ0n) is 13.0. The van der Waals surface area contributed by atoms with Crippen molar-refractivity contribution in [3.8, 4) is 0 Å². The fourth-order valence-electron chi connectivity index (χ4n) is 2.71. The van der Waals surface area contributed by atoms with Crippen molar-refractivity contribution in [2.24, 2.45) is 17.3 Å². The number of rotatable bonds is 3. The van der Waals surface area contributed by atoms with Crippen molar-refractivity contribution in [1.82, 2.24) is 4.90 Å². The van der Waals surface area contributed by atoms with Crippen LogP contribution in [0.1, 0.15) is 54.9 Å². The zero-order chi connectivity index (χ0) is 14.1. The van der Waals surface area contributed by atoms with Gasteiger partial charge in [0.1, 0.15) is 5.60 Å². The highest BCUT2D eigenvalue weighted by Crippen LogP contribution is 2.43. The minimum Gasteiger partial charge on any atom is -0.444 e. The number of ether oxygens (including phenoxy) is 1.